The quantitative estimate of drug-likeness (QED) is 0.187. The van der Waals surface area contributed by atoms with Crippen LogP contribution in [0, 0.1) is 0 Å². The minimum absolute atomic E-state index is 0.530. The Kier molecular flexibility index (Phi) is 5.03. The predicted octanol–water partition coefficient (Wildman–Crippen LogP) is 12.5. The van der Waals surface area contributed by atoms with Gasteiger partial charge in [0.15, 0.2) is 0 Å². The van der Waals surface area contributed by atoms with Crippen LogP contribution in [-0.2, 0) is 0 Å². The van der Waals surface area contributed by atoms with E-state index in [9.17, 15) is 0 Å². The van der Waals surface area contributed by atoms with Gasteiger partial charge < -0.3 is 0 Å². The van der Waals surface area contributed by atoms with Crippen molar-refractivity contribution in [3.8, 4) is 33.4 Å². The van der Waals surface area contributed by atoms with Crippen LogP contribution in [0.4, 0.5) is 0 Å². The van der Waals surface area contributed by atoms with E-state index in [1.54, 1.807) is 11.3 Å². The van der Waals surface area contributed by atoms with E-state index in [2.05, 4.69) is 121 Å². The highest BCUT2D eigenvalue weighted by atomic mass is 32.1. The fourth-order valence-electron chi connectivity index (χ4n) is 6.68. The Morgan fingerprint density at radius 1 is 0.372 bits per heavy atom. The van der Waals surface area contributed by atoms with E-state index in [0.717, 1.165) is 32.0 Å². The summed E-state index contributed by atoms with van der Waals surface area (Å²) in [5, 5.41) is 9.49. The zero-order chi connectivity index (χ0) is 30.1. The topological polar surface area (TPSA) is 0 Å². The molecule has 0 aliphatic rings. The van der Waals surface area contributed by atoms with E-state index in [-0.39, 0.29) is 0 Å². The highest BCUT2D eigenvalue weighted by Crippen LogP contribution is 2.44. The van der Waals surface area contributed by atoms with Crippen molar-refractivity contribution >= 4 is 63.8 Å². The van der Waals surface area contributed by atoms with Gasteiger partial charge in [0.2, 0.25) is 0 Å². The molecule has 0 unspecified atom stereocenters. The Hall–Kier alpha value is -5.24. The molecule has 0 aliphatic carbocycles. The first-order valence-corrected chi connectivity index (χ1v) is 15.4. The largest absolute Gasteiger partial charge is 0.135 e. The molecule has 1 heterocycles. The Balaban J connectivity index is 1.22. The Morgan fingerprint density at radius 2 is 0.977 bits per heavy atom. The first-order chi connectivity index (χ1) is 22.1. The van der Waals surface area contributed by atoms with Gasteiger partial charge >= 0.3 is 0 Å². The fourth-order valence-corrected chi connectivity index (χ4v) is 7.74. The summed E-state index contributed by atoms with van der Waals surface area (Å²) in [5.74, 6) is 0. The van der Waals surface area contributed by atoms with Crippen LogP contribution >= 0.6 is 11.3 Å². The fraction of sp³-hybridized carbons (Fsp3) is 0. The van der Waals surface area contributed by atoms with E-state index >= 15 is 0 Å². The van der Waals surface area contributed by atoms with Gasteiger partial charge in [0.1, 0.15) is 0 Å². The average molecular weight is 565 g/mol. The molecule has 9 aromatic rings. The number of hydrogen-bond acceptors (Lipinski definition) is 1. The minimum atomic E-state index is 0.530. The summed E-state index contributed by atoms with van der Waals surface area (Å²) in [6.45, 7) is 0. The van der Waals surface area contributed by atoms with Crippen LogP contribution in [0.25, 0.3) is 85.9 Å². The van der Waals surface area contributed by atoms with E-state index < -0.39 is 0 Å². The third-order valence-corrected chi connectivity index (χ3v) is 9.82. The summed E-state index contributed by atoms with van der Waals surface area (Å²) in [5.41, 5.74) is 7.00. The van der Waals surface area contributed by atoms with Gasteiger partial charge in [-0.2, -0.15) is 0 Å². The lowest BCUT2D eigenvalue weighted by atomic mass is 9.85. The van der Waals surface area contributed by atoms with Gasteiger partial charge in [0.25, 0.3) is 0 Å². The summed E-state index contributed by atoms with van der Waals surface area (Å²) in [6, 6.07) is 52.6. The third-order valence-electron chi connectivity index (χ3n) is 8.70. The first-order valence-electron chi connectivity index (χ1n) is 15.6. The zero-order valence-electron chi connectivity index (χ0n) is 25.3. The zero-order valence-corrected chi connectivity index (χ0v) is 24.1. The van der Waals surface area contributed by atoms with Crippen molar-refractivity contribution in [2.75, 3.05) is 0 Å². The van der Waals surface area contributed by atoms with Crippen molar-refractivity contribution in [1.82, 2.24) is 0 Å². The van der Waals surface area contributed by atoms with Crippen molar-refractivity contribution < 1.29 is 2.74 Å². The molecule has 0 N–H and O–H groups in total. The molecule has 0 radical (unpaired) electrons. The molecule has 43 heavy (non-hydrogen) atoms. The molecule has 0 amide bonds. The average Bonchev–Trinajstić information content (AvgIpc) is 3.46. The van der Waals surface area contributed by atoms with E-state index in [1.807, 2.05) is 24.3 Å². The molecule has 0 nitrogen and oxygen atoms in total. The van der Waals surface area contributed by atoms with Gasteiger partial charge in [-0.3, -0.25) is 0 Å². The molecular formula is C42H26S. The summed E-state index contributed by atoms with van der Waals surface area (Å²) in [6.07, 6.45) is 0. The molecule has 0 saturated heterocycles. The first kappa shape index (κ1) is 22.4. The number of hydrogen-bond donors (Lipinski definition) is 0. The van der Waals surface area contributed by atoms with Gasteiger partial charge in [-0.15, -0.1) is 11.3 Å². The second-order valence-corrected chi connectivity index (χ2v) is 12.2. The summed E-state index contributed by atoms with van der Waals surface area (Å²) in [4.78, 5) is 0. The molecule has 0 bridgehead atoms. The van der Waals surface area contributed by atoms with Crippen molar-refractivity contribution in [3.63, 3.8) is 0 Å². The standard InChI is InChI=1S/C42H26S/c1-2-10-30-25-32(22-19-27(30)9-1)42-36-14-5-3-12-34(36)41(35-13-4-6-15-37(35)42)29-20-17-28(18-21-29)31-23-24-40-38(26-31)33-11-7-8-16-39(33)43-40/h1-26H/i1D,24D. The molecule has 200 valence electrons. The molecule has 0 fully saturated rings. The third kappa shape index (κ3) is 3.90. The molecule has 9 rings (SSSR count). The van der Waals surface area contributed by atoms with Crippen molar-refractivity contribution in [2.24, 2.45) is 0 Å². The molecule has 1 heteroatoms. The molecular weight excluding hydrogens is 537 g/mol. The van der Waals surface area contributed by atoms with Crippen LogP contribution in [0.5, 0.6) is 0 Å². The second-order valence-electron chi connectivity index (χ2n) is 11.1. The molecule has 0 spiro atoms. The van der Waals surface area contributed by atoms with E-state index in [1.165, 1.54) is 53.9 Å². The maximum Gasteiger partial charge on any atom is 0.0638 e. The Bertz CT molecular complexity index is 2550. The predicted molar refractivity (Wildman–Crippen MR) is 188 cm³/mol. The molecule has 8 aromatic carbocycles. The molecule has 0 aliphatic heterocycles. The van der Waals surface area contributed by atoms with Gasteiger partial charge in [-0.1, -0.05) is 133 Å². The summed E-state index contributed by atoms with van der Waals surface area (Å²) in [7, 11) is 0. The summed E-state index contributed by atoms with van der Waals surface area (Å²) < 4.78 is 19.1. The number of benzene rings is 8. The minimum Gasteiger partial charge on any atom is -0.135 e. The van der Waals surface area contributed by atoms with Crippen LogP contribution in [0.3, 0.4) is 0 Å². The van der Waals surface area contributed by atoms with Crippen molar-refractivity contribution in [2.45, 2.75) is 0 Å². The lowest BCUT2D eigenvalue weighted by Gasteiger charge is -2.18. The van der Waals surface area contributed by atoms with Crippen LogP contribution in [0.15, 0.2) is 158 Å². The highest BCUT2D eigenvalue weighted by Gasteiger charge is 2.17. The maximum atomic E-state index is 8.79. The van der Waals surface area contributed by atoms with Crippen molar-refractivity contribution in [1.29, 1.82) is 0 Å². The molecule has 1 aromatic heterocycles. The van der Waals surface area contributed by atoms with E-state index in [4.69, 9.17) is 2.74 Å². The number of rotatable bonds is 3. The van der Waals surface area contributed by atoms with Gasteiger partial charge in [-0.05, 0) is 89.9 Å². The molecule has 0 atom stereocenters. The van der Waals surface area contributed by atoms with Crippen LogP contribution < -0.4 is 0 Å². The lowest BCUT2D eigenvalue weighted by molar-refractivity contribution is 1.63. The van der Waals surface area contributed by atoms with Crippen LogP contribution in [-0.4, -0.2) is 0 Å². The lowest BCUT2D eigenvalue weighted by Crippen LogP contribution is -1.91. The van der Waals surface area contributed by atoms with Crippen molar-refractivity contribution in [3.05, 3.63) is 158 Å². The van der Waals surface area contributed by atoms with Gasteiger partial charge in [-0.25, -0.2) is 0 Å². The van der Waals surface area contributed by atoms with Crippen LogP contribution in [0.2, 0.25) is 0 Å². The summed E-state index contributed by atoms with van der Waals surface area (Å²) >= 11 is 1.70. The number of thiophene rings is 1. The maximum absolute atomic E-state index is 8.79. The van der Waals surface area contributed by atoms with E-state index in [0.29, 0.717) is 12.1 Å². The smallest absolute Gasteiger partial charge is 0.0638 e. The monoisotopic (exact) mass is 564 g/mol. The van der Waals surface area contributed by atoms with Gasteiger partial charge in [0, 0.05) is 20.2 Å². The highest BCUT2D eigenvalue weighted by molar-refractivity contribution is 7.25. The van der Waals surface area contributed by atoms with Gasteiger partial charge in [0.05, 0.1) is 2.74 Å². The molecule has 0 saturated carbocycles. The Labute approximate surface area is 256 Å². The SMILES string of the molecule is [2H]c1ccc2cc(-c3c4ccccc4c(-c4ccc(-c5cc([2H])c6sc7ccccc7c6c5)cc4)c4ccccc34)ccc2c1. The van der Waals surface area contributed by atoms with Crippen LogP contribution in [0.1, 0.15) is 2.74 Å². The Morgan fingerprint density at radius 3 is 1.70 bits per heavy atom. The number of fused-ring (bicyclic) bond motifs is 6. The normalized spacial score (nSPS) is 12.4. The second kappa shape index (κ2) is 9.66.